The maximum atomic E-state index is 5.24. The summed E-state index contributed by atoms with van der Waals surface area (Å²) >= 11 is 0. The minimum atomic E-state index is 0.414. The highest BCUT2D eigenvalue weighted by atomic mass is 15.2. The number of hydrogen-bond donors (Lipinski definition) is 2. The lowest BCUT2D eigenvalue weighted by Gasteiger charge is -2.11. The first-order valence-electron chi connectivity index (χ1n) is 6.80. The number of hydrogen-bond acceptors (Lipinski definition) is 1. The first kappa shape index (κ1) is 13.5. The van der Waals surface area contributed by atoms with Crippen molar-refractivity contribution in [2.24, 2.45) is 4.99 Å². The van der Waals surface area contributed by atoms with Crippen molar-refractivity contribution in [2.45, 2.75) is 32.2 Å². The molecule has 3 heteroatoms. The van der Waals surface area contributed by atoms with E-state index in [1.807, 2.05) is 0 Å². The maximum absolute atomic E-state index is 5.24. The highest BCUT2D eigenvalue weighted by molar-refractivity contribution is 5.80. The zero-order valence-electron chi connectivity index (χ0n) is 11.6. The molecule has 0 amide bonds. The molecule has 0 spiro atoms. The van der Waals surface area contributed by atoms with Gasteiger partial charge < -0.3 is 10.6 Å². The van der Waals surface area contributed by atoms with Crippen LogP contribution in [0.1, 0.15) is 30.4 Å². The topological polar surface area (TPSA) is 36.4 Å². The normalized spacial score (nSPS) is 21.6. The summed E-state index contributed by atoms with van der Waals surface area (Å²) in [5.74, 6) is 3.95. The van der Waals surface area contributed by atoms with Crippen molar-refractivity contribution in [1.29, 1.82) is 0 Å². The van der Waals surface area contributed by atoms with Gasteiger partial charge >= 0.3 is 0 Å². The molecule has 1 saturated carbocycles. The molecule has 0 bridgehead atoms. The van der Waals surface area contributed by atoms with Gasteiger partial charge in [-0.25, -0.2) is 4.99 Å². The average molecular weight is 255 g/mol. The predicted molar refractivity (Wildman–Crippen MR) is 80.3 cm³/mol. The van der Waals surface area contributed by atoms with Crippen molar-refractivity contribution < 1.29 is 0 Å². The van der Waals surface area contributed by atoms with Crippen LogP contribution < -0.4 is 10.6 Å². The minimum absolute atomic E-state index is 0.414. The largest absolute Gasteiger partial charge is 0.357 e. The van der Waals surface area contributed by atoms with Crippen LogP contribution in [-0.2, 0) is 0 Å². The zero-order valence-corrected chi connectivity index (χ0v) is 11.6. The Bertz CT molecular complexity index is 499. The molecule has 2 rings (SSSR count). The molecular weight excluding hydrogens is 234 g/mol. The van der Waals surface area contributed by atoms with E-state index in [-0.39, 0.29) is 0 Å². The number of terminal acetylenes is 1. The molecule has 2 unspecified atom stereocenters. The van der Waals surface area contributed by atoms with Gasteiger partial charge in [0, 0.05) is 18.5 Å². The van der Waals surface area contributed by atoms with E-state index in [1.165, 1.54) is 11.1 Å². The molecule has 1 aromatic carbocycles. The number of nitrogens with one attached hydrogen (secondary N) is 2. The van der Waals surface area contributed by atoms with Crippen LogP contribution in [0.2, 0.25) is 0 Å². The number of rotatable bonds is 4. The lowest BCUT2D eigenvalue weighted by Crippen LogP contribution is -2.39. The van der Waals surface area contributed by atoms with Crippen molar-refractivity contribution in [3.05, 3.63) is 35.4 Å². The second kappa shape index (κ2) is 6.29. The van der Waals surface area contributed by atoms with E-state index in [2.05, 4.69) is 59.7 Å². The monoisotopic (exact) mass is 255 g/mol. The van der Waals surface area contributed by atoms with Gasteiger partial charge in [-0.05, 0) is 31.4 Å². The molecule has 0 saturated heterocycles. The molecular formula is C16H21N3. The molecule has 1 aromatic rings. The van der Waals surface area contributed by atoms with Gasteiger partial charge in [-0.1, -0.05) is 30.2 Å². The van der Waals surface area contributed by atoms with Crippen LogP contribution in [0.4, 0.5) is 0 Å². The molecule has 0 aliphatic heterocycles. The van der Waals surface area contributed by atoms with Crippen molar-refractivity contribution >= 4 is 5.96 Å². The van der Waals surface area contributed by atoms with Crippen LogP contribution in [0.3, 0.4) is 0 Å². The fraction of sp³-hybridized carbons (Fsp3) is 0.438. The second-order valence-corrected chi connectivity index (χ2v) is 4.85. The molecule has 19 heavy (non-hydrogen) atoms. The Kier molecular flexibility index (Phi) is 4.46. The molecule has 100 valence electrons. The minimum Gasteiger partial charge on any atom is -0.357 e. The molecule has 2 atom stereocenters. The molecule has 3 nitrogen and oxygen atoms in total. The lowest BCUT2D eigenvalue weighted by molar-refractivity contribution is 0.801. The van der Waals surface area contributed by atoms with Gasteiger partial charge in [-0.15, -0.1) is 6.42 Å². The van der Waals surface area contributed by atoms with E-state index < -0.39 is 0 Å². The van der Waals surface area contributed by atoms with Crippen LogP contribution in [0.25, 0.3) is 0 Å². The fourth-order valence-electron chi connectivity index (χ4n) is 2.32. The van der Waals surface area contributed by atoms with Gasteiger partial charge in [-0.3, -0.25) is 0 Å². The Balaban J connectivity index is 1.96. The third-order valence-corrected chi connectivity index (χ3v) is 3.37. The van der Waals surface area contributed by atoms with Gasteiger partial charge in [0.15, 0.2) is 5.96 Å². The summed E-state index contributed by atoms with van der Waals surface area (Å²) < 4.78 is 0. The summed E-state index contributed by atoms with van der Waals surface area (Å²) in [4.78, 5) is 4.32. The van der Waals surface area contributed by atoms with E-state index >= 15 is 0 Å². The Morgan fingerprint density at radius 1 is 1.47 bits per heavy atom. The van der Waals surface area contributed by atoms with Crippen LogP contribution in [0.5, 0.6) is 0 Å². The van der Waals surface area contributed by atoms with E-state index in [1.54, 1.807) is 0 Å². The zero-order chi connectivity index (χ0) is 13.7. The van der Waals surface area contributed by atoms with Gasteiger partial charge in [0.1, 0.15) is 6.54 Å². The second-order valence-electron chi connectivity index (χ2n) is 4.85. The van der Waals surface area contributed by atoms with E-state index in [0.717, 1.165) is 18.9 Å². The first-order valence-corrected chi connectivity index (χ1v) is 6.80. The summed E-state index contributed by atoms with van der Waals surface area (Å²) in [7, 11) is 0. The Morgan fingerprint density at radius 3 is 2.95 bits per heavy atom. The molecule has 1 aliphatic rings. The summed E-state index contributed by atoms with van der Waals surface area (Å²) in [6.45, 7) is 5.48. The number of aliphatic imine (C=N–C) groups is 1. The molecule has 2 N–H and O–H groups in total. The first-order chi connectivity index (χ1) is 9.26. The van der Waals surface area contributed by atoms with Gasteiger partial charge in [0.25, 0.3) is 0 Å². The highest BCUT2D eigenvalue weighted by Gasteiger charge is 2.39. The van der Waals surface area contributed by atoms with Crippen molar-refractivity contribution in [3.8, 4) is 12.3 Å². The Hall–Kier alpha value is -1.95. The summed E-state index contributed by atoms with van der Waals surface area (Å²) in [5, 5.41) is 6.66. The van der Waals surface area contributed by atoms with Crippen LogP contribution >= 0.6 is 0 Å². The lowest BCUT2D eigenvalue weighted by atomic mass is 10.0. The van der Waals surface area contributed by atoms with Crippen LogP contribution in [0, 0.1) is 19.3 Å². The predicted octanol–water partition coefficient (Wildman–Crippen LogP) is 2.04. The average Bonchev–Trinajstić information content (AvgIpc) is 3.16. The third kappa shape index (κ3) is 3.51. The summed E-state index contributed by atoms with van der Waals surface area (Å²) in [5.41, 5.74) is 2.80. The maximum Gasteiger partial charge on any atom is 0.192 e. The number of benzene rings is 1. The fourth-order valence-corrected chi connectivity index (χ4v) is 2.32. The molecule has 0 heterocycles. The van der Waals surface area contributed by atoms with E-state index in [4.69, 9.17) is 6.42 Å². The van der Waals surface area contributed by atoms with E-state index in [9.17, 15) is 0 Å². The summed E-state index contributed by atoms with van der Waals surface area (Å²) in [6, 6.07) is 9.05. The third-order valence-electron chi connectivity index (χ3n) is 3.37. The number of aryl methyl sites for hydroxylation is 1. The smallest absolute Gasteiger partial charge is 0.192 e. The van der Waals surface area contributed by atoms with Crippen LogP contribution in [-0.4, -0.2) is 25.1 Å². The van der Waals surface area contributed by atoms with E-state index in [0.29, 0.717) is 18.5 Å². The summed E-state index contributed by atoms with van der Waals surface area (Å²) in [6.07, 6.45) is 6.40. The Morgan fingerprint density at radius 2 is 2.26 bits per heavy atom. The SMILES string of the molecule is C#CCN=C(NCC)NC1CC1c1ccccc1C. The van der Waals surface area contributed by atoms with Crippen molar-refractivity contribution in [1.82, 2.24) is 10.6 Å². The molecule has 0 aromatic heterocycles. The van der Waals surface area contributed by atoms with Gasteiger partial charge in [0.05, 0.1) is 0 Å². The van der Waals surface area contributed by atoms with Crippen LogP contribution in [0.15, 0.2) is 29.3 Å². The quantitative estimate of drug-likeness (QED) is 0.491. The highest BCUT2D eigenvalue weighted by Crippen LogP contribution is 2.41. The number of guanidine groups is 1. The molecule has 1 fully saturated rings. The van der Waals surface area contributed by atoms with Crippen molar-refractivity contribution in [2.75, 3.05) is 13.1 Å². The van der Waals surface area contributed by atoms with Crippen molar-refractivity contribution in [3.63, 3.8) is 0 Å². The van der Waals surface area contributed by atoms with Gasteiger partial charge in [-0.2, -0.15) is 0 Å². The van der Waals surface area contributed by atoms with Gasteiger partial charge in [0.2, 0.25) is 0 Å². The number of nitrogens with zero attached hydrogens (tertiary/aromatic N) is 1. The molecule has 1 aliphatic carbocycles. The Labute approximate surface area is 115 Å². The molecule has 0 radical (unpaired) electrons. The standard InChI is InChI=1S/C16H21N3/c1-4-10-18-16(17-5-2)19-15-11-14(15)13-9-7-6-8-12(13)3/h1,6-9,14-15H,5,10-11H2,2-3H3,(H2,17,18,19).